The molecular weight excluding hydrogens is 680 g/mol. The molecule has 0 radical (unpaired) electrons. The average Bonchev–Trinajstić information content (AvgIpc) is 3.37. The van der Waals surface area contributed by atoms with Crippen LogP contribution >= 0.6 is 0 Å². The molecule has 3 saturated carbocycles. The second kappa shape index (κ2) is 16.5. The monoisotopic (exact) mass is 734 g/mol. The average molecular weight is 735 g/mol. The van der Waals surface area contributed by atoms with Crippen LogP contribution in [-0.2, 0) is 33.2 Å². The summed E-state index contributed by atoms with van der Waals surface area (Å²) in [6.45, 7) is -1.51. The zero-order chi connectivity index (χ0) is 36.6. The second-order valence-electron chi connectivity index (χ2n) is 15.4. The molecule has 0 amide bonds. The van der Waals surface area contributed by atoms with Crippen molar-refractivity contribution in [3.63, 3.8) is 0 Å². The minimum atomic E-state index is -2.10. The van der Waals surface area contributed by atoms with Gasteiger partial charge >= 0.3 is 5.97 Å². The van der Waals surface area contributed by atoms with Gasteiger partial charge in [0.05, 0.1) is 68.1 Å². The lowest BCUT2D eigenvalue weighted by Gasteiger charge is -2.51. The molecule has 292 valence electrons. The topological polar surface area (TPSA) is 275 Å². The van der Waals surface area contributed by atoms with E-state index in [9.17, 15) is 55.9 Å². The highest BCUT2D eigenvalue weighted by Gasteiger charge is 2.55. The largest absolute Gasteiger partial charge is 0.459 e. The standard InChI is InChI=1S/C34H54O17/c35-17-9-21(38)18-11-26(29(49-25(18)10-17)16-3-5-20(37)23(40)8-16)50-32-30(28(43)24(41)12-46-32)51-33-31(44)34(45,14-48-33)13-47-27(42)6-2-15-1-4-19(36)22(39)7-15/h2,6,15-26,28-33,35-41,43-45H,1,3-5,7-14H2. The summed E-state index contributed by atoms with van der Waals surface area (Å²) in [5.41, 5.74) is -2.10. The van der Waals surface area contributed by atoms with E-state index in [1.165, 1.54) is 0 Å². The number of hydrogen-bond donors (Lipinski definition) is 10. The van der Waals surface area contributed by atoms with Crippen molar-refractivity contribution in [3.05, 3.63) is 12.2 Å². The van der Waals surface area contributed by atoms with Gasteiger partial charge in [0.1, 0.15) is 31.0 Å². The van der Waals surface area contributed by atoms with Gasteiger partial charge in [-0.1, -0.05) is 6.08 Å². The fourth-order valence-corrected chi connectivity index (χ4v) is 8.45. The molecular formula is C34H54O17. The van der Waals surface area contributed by atoms with Gasteiger partial charge < -0.3 is 79.5 Å². The van der Waals surface area contributed by atoms with Crippen LogP contribution in [0.3, 0.4) is 0 Å². The van der Waals surface area contributed by atoms with Gasteiger partial charge in [0.25, 0.3) is 0 Å². The van der Waals surface area contributed by atoms with E-state index >= 15 is 0 Å². The molecule has 51 heavy (non-hydrogen) atoms. The Hall–Kier alpha value is -1.39. The summed E-state index contributed by atoms with van der Waals surface area (Å²) in [5, 5.41) is 105. The Kier molecular flexibility index (Phi) is 12.8. The zero-order valence-electron chi connectivity index (χ0n) is 28.4. The Morgan fingerprint density at radius 3 is 2.20 bits per heavy atom. The SMILES string of the molecule is O=C(C=CC1CCC(O)C(O)C1)OCC1(O)COC(OC2C(OC3CC4C(O)CC(O)CC4OC3C3CCC(O)C(O)C3)OCC(O)C2O)C1O. The quantitative estimate of drug-likeness (QED) is 0.0821. The second-order valence-corrected chi connectivity index (χ2v) is 15.4. The molecule has 3 saturated heterocycles. The van der Waals surface area contributed by atoms with E-state index < -0.39 is 123 Å². The normalized spacial score (nSPS) is 50.9. The number of allylic oxidation sites excluding steroid dienone is 1. The molecule has 17 heteroatoms. The maximum absolute atomic E-state index is 12.4. The Balaban J connectivity index is 1.10. The summed E-state index contributed by atoms with van der Waals surface area (Å²) >= 11 is 0. The lowest BCUT2D eigenvalue weighted by molar-refractivity contribution is -0.340. The lowest BCUT2D eigenvalue weighted by atomic mass is 9.72. The first-order chi connectivity index (χ1) is 24.2. The molecule has 3 aliphatic carbocycles. The predicted octanol–water partition coefficient (Wildman–Crippen LogP) is -3.28. The van der Waals surface area contributed by atoms with Gasteiger partial charge in [-0.2, -0.15) is 0 Å². The number of aliphatic hydroxyl groups excluding tert-OH is 9. The number of carbonyl (C=O) groups is 1. The van der Waals surface area contributed by atoms with E-state index in [1.54, 1.807) is 6.08 Å². The third-order valence-electron chi connectivity index (χ3n) is 11.6. The van der Waals surface area contributed by atoms with Crippen LogP contribution in [0.1, 0.15) is 57.8 Å². The van der Waals surface area contributed by atoms with Crippen molar-refractivity contribution >= 4 is 5.97 Å². The van der Waals surface area contributed by atoms with Crippen LogP contribution in [0.5, 0.6) is 0 Å². The van der Waals surface area contributed by atoms with Crippen molar-refractivity contribution in [2.24, 2.45) is 17.8 Å². The van der Waals surface area contributed by atoms with E-state index in [2.05, 4.69) is 0 Å². The van der Waals surface area contributed by atoms with Gasteiger partial charge in [0, 0.05) is 12.0 Å². The molecule has 19 unspecified atom stereocenters. The number of esters is 1. The highest BCUT2D eigenvalue weighted by Crippen LogP contribution is 2.43. The van der Waals surface area contributed by atoms with Crippen molar-refractivity contribution in [1.29, 1.82) is 0 Å². The van der Waals surface area contributed by atoms with Gasteiger partial charge in [-0.25, -0.2) is 4.79 Å². The van der Waals surface area contributed by atoms with Crippen LogP contribution in [0.15, 0.2) is 12.2 Å². The Morgan fingerprint density at radius 2 is 1.47 bits per heavy atom. The third kappa shape index (κ3) is 8.95. The zero-order valence-corrected chi connectivity index (χ0v) is 28.4. The molecule has 0 aromatic heterocycles. The van der Waals surface area contributed by atoms with Crippen LogP contribution in [0.4, 0.5) is 0 Å². The smallest absolute Gasteiger partial charge is 0.330 e. The van der Waals surface area contributed by atoms with E-state index in [4.69, 9.17) is 28.4 Å². The molecule has 0 aromatic carbocycles. The van der Waals surface area contributed by atoms with E-state index in [1.807, 2.05) is 0 Å². The Morgan fingerprint density at radius 1 is 0.745 bits per heavy atom. The number of fused-ring (bicyclic) bond motifs is 1. The van der Waals surface area contributed by atoms with Gasteiger partial charge in [-0.3, -0.25) is 0 Å². The lowest BCUT2D eigenvalue weighted by Crippen LogP contribution is -2.61. The number of aliphatic hydroxyl groups is 10. The molecule has 3 aliphatic heterocycles. The van der Waals surface area contributed by atoms with Gasteiger partial charge in [-0.05, 0) is 69.6 Å². The fraction of sp³-hybridized carbons (Fsp3) is 0.912. The molecule has 10 N–H and O–H groups in total. The van der Waals surface area contributed by atoms with Gasteiger partial charge in [-0.15, -0.1) is 0 Å². The van der Waals surface area contributed by atoms with Crippen LogP contribution in [0, 0.1) is 17.8 Å². The first-order valence-electron chi connectivity index (χ1n) is 18.1. The van der Waals surface area contributed by atoms with Crippen molar-refractivity contribution in [2.75, 3.05) is 19.8 Å². The van der Waals surface area contributed by atoms with Crippen molar-refractivity contribution in [1.82, 2.24) is 0 Å². The van der Waals surface area contributed by atoms with Crippen molar-refractivity contribution < 1.29 is 84.3 Å². The van der Waals surface area contributed by atoms with E-state index in [0.717, 1.165) is 6.08 Å². The molecule has 19 atom stereocenters. The molecule has 0 bridgehead atoms. The maximum Gasteiger partial charge on any atom is 0.330 e. The summed E-state index contributed by atoms with van der Waals surface area (Å²) in [6, 6.07) is 0. The first kappa shape index (κ1) is 39.3. The summed E-state index contributed by atoms with van der Waals surface area (Å²) in [5.74, 6) is -1.62. The number of rotatable bonds is 9. The summed E-state index contributed by atoms with van der Waals surface area (Å²) < 4.78 is 35.3. The molecule has 0 spiro atoms. The summed E-state index contributed by atoms with van der Waals surface area (Å²) in [4.78, 5) is 12.4. The van der Waals surface area contributed by atoms with E-state index in [0.29, 0.717) is 32.1 Å². The Bertz CT molecular complexity index is 1190. The van der Waals surface area contributed by atoms with Crippen LogP contribution in [-0.4, -0.2) is 174 Å². The summed E-state index contributed by atoms with van der Waals surface area (Å²) in [7, 11) is 0. The van der Waals surface area contributed by atoms with Crippen molar-refractivity contribution in [2.45, 2.75) is 155 Å². The molecule has 17 nitrogen and oxygen atoms in total. The molecule has 0 aromatic rings. The third-order valence-corrected chi connectivity index (χ3v) is 11.6. The number of ether oxygens (including phenoxy) is 6. The molecule has 6 fully saturated rings. The number of hydrogen-bond acceptors (Lipinski definition) is 17. The highest BCUT2D eigenvalue weighted by atomic mass is 16.8. The minimum Gasteiger partial charge on any atom is -0.459 e. The number of carbonyl (C=O) groups excluding carboxylic acids is 1. The van der Waals surface area contributed by atoms with Crippen molar-refractivity contribution in [3.8, 4) is 0 Å². The minimum absolute atomic E-state index is 0.147. The highest BCUT2D eigenvalue weighted by molar-refractivity contribution is 5.82. The molecule has 3 heterocycles. The molecule has 6 rings (SSSR count). The first-order valence-corrected chi connectivity index (χ1v) is 18.1. The van der Waals surface area contributed by atoms with Crippen LogP contribution in [0.2, 0.25) is 0 Å². The Labute approximate surface area is 295 Å². The summed E-state index contributed by atoms with van der Waals surface area (Å²) in [6.07, 6.45) is -10.5. The van der Waals surface area contributed by atoms with Crippen LogP contribution < -0.4 is 0 Å². The molecule has 6 aliphatic rings. The van der Waals surface area contributed by atoms with Gasteiger partial charge in [0.15, 0.2) is 18.2 Å². The van der Waals surface area contributed by atoms with E-state index in [-0.39, 0.29) is 44.1 Å². The van der Waals surface area contributed by atoms with Gasteiger partial charge in [0.2, 0.25) is 0 Å². The maximum atomic E-state index is 12.4. The fourth-order valence-electron chi connectivity index (χ4n) is 8.45. The van der Waals surface area contributed by atoms with Crippen LogP contribution in [0.25, 0.3) is 0 Å². The predicted molar refractivity (Wildman–Crippen MR) is 169 cm³/mol.